The third-order valence-electron chi connectivity index (χ3n) is 3.93. The Bertz CT molecular complexity index is 759. The smallest absolute Gasteiger partial charge is 0.334 e. The molecule has 1 unspecified atom stereocenters. The van der Waals surface area contributed by atoms with Crippen LogP contribution in [0.2, 0.25) is 5.02 Å². The number of carboxylic acids is 1. The van der Waals surface area contributed by atoms with Gasteiger partial charge in [0.15, 0.2) is 17.8 Å². The lowest BCUT2D eigenvalue weighted by molar-refractivity contribution is -0.159. The van der Waals surface area contributed by atoms with Gasteiger partial charge < -0.3 is 19.2 Å². The largest absolute Gasteiger partial charge is 0.479 e. The molecule has 2 heterocycles. The van der Waals surface area contributed by atoms with Crippen LogP contribution in [-0.2, 0) is 20.7 Å². The first-order valence-corrected chi connectivity index (χ1v) is 8.23. The Morgan fingerprint density at radius 2 is 2.08 bits per heavy atom. The molecule has 8 heteroatoms. The van der Waals surface area contributed by atoms with Crippen molar-refractivity contribution in [3.8, 4) is 11.3 Å². The van der Waals surface area contributed by atoms with Crippen molar-refractivity contribution in [2.24, 2.45) is 0 Å². The molecule has 1 aromatic heterocycles. The fourth-order valence-electron chi connectivity index (χ4n) is 2.57. The number of carbonyl (C=O) groups excluding carboxylic acids is 1. The van der Waals surface area contributed by atoms with Crippen molar-refractivity contribution in [1.82, 2.24) is 9.88 Å². The predicted molar refractivity (Wildman–Crippen MR) is 89.2 cm³/mol. The first-order valence-electron chi connectivity index (χ1n) is 7.86. The average molecular weight is 365 g/mol. The summed E-state index contributed by atoms with van der Waals surface area (Å²) in [6.07, 6.45) is 1.20. The van der Waals surface area contributed by atoms with Crippen LogP contribution in [-0.4, -0.2) is 52.7 Å². The topological polar surface area (TPSA) is 92.9 Å². The molecule has 1 atom stereocenters. The summed E-state index contributed by atoms with van der Waals surface area (Å²) in [6, 6.07) is 7.19. The summed E-state index contributed by atoms with van der Waals surface area (Å²) in [4.78, 5) is 28.9. The van der Waals surface area contributed by atoms with Crippen LogP contribution in [0.3, 0.4) is 0 Å². The highest BCUT2D eigenvalue weighted by Gasteiger charge is 2.28. The van der Waals surface area contributed by atoms with Crippen LogP contribution in [0.15, 0.2) is 34.9 Å². The minimum atomic E-state index is -1.06. The molecule has 1 saturated heterocycles. The van der Waals surface area contributed by atoms with E-state index in [1.54, 1.807) is 18.3 Å². The normalized spacial score (nSPS) is 17.5. The van der Waals surface area contributed by atoms with E-state index in [-0.39, 0.29) is 25.5 Å². The van der Waals surface area contributed by atoms with Crippen LogP contribution >= 0.6 is 11.6 Å². The van der Waals surface area contributed by atoms with Crippen molar-refractivity contribution in [1.29, 1.82) is 0 Å². The second kappa shape index (κ2) is 7.67. The third-order valence-corrected chi connectivity index (χ3v) is 4.18. The number of carboxylic acid groups (broad SMARTS) is 1. The Morgan fingerprint density at radius 1 is 1.32 bits per heavy atom. The number of hydrogen-bond acceptors (Lipinski definition) is 5. The summed E-state index contributed by atoms with van der Waals surface area (Å²) >= 11 is 5.86. The minimum Gasteiger partial charge on any atom is -0.479 e. The van der Waals surface area contributed by atoms with Crippen LogP contribution < -0.4 is 0 Å². The van der Waals surface area contributed by atoms with Crippen LogP contribution in [0.4, 0.5) is 0 Å². The molecule has 0 radical (unpaired) electrons. The Labute approximate surface area is 149 Å². The summed E-state index contributed by atoms with van der Waals surface area (Å²) in [7, 11) is 0. The quantitative estimate of drug-likeness (QED) is 0.874. The zero-order valence-electron chi connectivity index (χ0n) is 13.4. The monoisotopic (exact) mass is 364 g/mol. The number of ether oxygens (including phenoxy) is 1. The SMILES string of the molecule is O=C(O)C1CN(C(=O)CCc2ncc(-c3ccc(Cl)cc3)o2)CCO1. The molecule has 0 aliphatic carbocycles. The van der Waals surface area contributed by atoms with Gasteiger partial charge in [-0.25, -0.2) is 9.78 Å². The number of carbonyl (C=O) groups is 2. The second-order valence-corrected chi connectivity index (χ2v) is 6.10. The highest BCUT2D eigenvalue weighted by Crippen LogP contribution is 2.22. The van der Waals surface area contributed by atoms with E-state index in [2.05, 4.69) is 4.98 Å². The van der Waals surface area contributed by atoms with Gasteiger partial charge in [-0.15, -0.1) is 0 Å². The highest BCUT2D eigenvalue weighted by molar-refractivity contribution is 6.30. The van der Waals surface area contributed by atoms with Gasteiger partial charge in [-0.2, -0.15) is 0 Å². The maximum absolute atomic E-state index is 12.2. The number of hydrogen-bond donors (Lipinski definition) is 1. The Kier molecular flexibility index (Phi) is 5.35. The molecule has 2 aromatic rings. The molecule has 1 N–H and O–H groups in total. The Morgan fingerprint density at radius 3 is 2.80 bits per heavy atom. The van der Waals surface area contributed by atoms with E-state index in [1.807, 2.05) is 12.1 Å². The molecule has 1 aliphatic heterocycles. The van der Waals surface area contributed by atoms with Crippen molar-refractivity contribution in [3.05, 3.63) is 41.4 Å². The molecule has 1 aromatic carbocycles. The third kappa shape index (κ3) is 4.37. The molecule has 7 nitrogen and oxygen atoms in total. The van der Waals surface area contributed by atoms with Gasteiger partial charge in [-0.1, -0.05) is 11.6 Å². The van der Waals surface area contributed by atoms with Crippen molar-refractivity contribution < 1.29 is 23.8 Å². The molecule has 1 aliphatic rings. The summed E-state index contributed by atoms with van der Waals surface area (Å²) in [5.41, 5.74) is 0.854. The Balaban J connectivity index is 1.56. The minimum absolute atomic E-state index is 0.0653. The molecule has 0 spiro atoms. The number of halogens is 1. The van der Waals surface area contributed by atoms with Crippen LogP contribution in [0.1, 0.15) is 12.3 Å². The highest BCUT2D eigenvalue weighted by atomic mass is 35.5. The fourth-order valence-corrected chi connectivity index (χ4v) is 2.70. The zero-order valence-corrected chi connectivity index (χ0v) is 14.1. The molecule has 1 fully saturated rings. The van der Waals surface area contributed by atoms with Crippen molar-refractivity contribution in [2.75, 3.05) is 19.7 Å². The Hall–Kier alpha value is -2.38. The van der Waals surface area contributed by atoms with Gasteiger partial charge in [0.25, 0.3) is 0 Å². The number of amides is 1. The van der Waals surface area contributed by atoms with E-state index in [9.17, 15) is 9.59 Å². The summed E-state index contributed by atoms with van der Waals surface area (Å²) < 4.78 is 10.8. The van der Waals surface area contributed by atoms with E-state index in [4.69, 9.17) is 25.9 Å². The summed E-state index contributed by atoms with van der Waals surface area (Å²) in [5, 5.41) is 9.62. The van der Waals surface area contributed by atoms with Gasteiger partial charge >= 0.3 is 5.97 Å². The number of rotatable bonds is 5. The van der Waals surface area contributed by atoms with Crippen LogP contribution in [0.25, 0.3) is 11.3 Å². The lowest BCUT2D eigenvalue weighted by Gasteiger charge is -2.30. The van der Waals surface area contributed by atoms with E-state index in [0.717, 1.165) is 5.56 Å². The van der Waals surface area contributed by atoms with Gasteiger partial charge in [0.2, 0.25) is 5.91 Å². The number of oxazole rings is 1. The average Bonchev–Trinajstić information content (AvgIpc) is 3.09. The summed E-state index contributed by atoms with van der Waals surface area (Å²) in [5.74, 6) is -0.128. The van der Waals surface area contributed by atoms with Crippen molar-refractivity contribution in [3.63, 3.8) is 0 Å². The van der Waals surface area contributed by atoms with Crippen molar-refractivity contribution >= 4 is 23.5 Å². The van der Waals surface area contributed by atoms with Crippen LogP contribution in [0, 0.1) is 0 Å². The van der Waals surface area contributed by atoms with Gasteiger partial charge in [-0.05, 0) is 24.3 Å². The van der Waals surface area contributed by atoms with Crippen molar-refractivity contribution in [2.45, 2.75) is 18.9 Å². The number of morpholine rings is 1. The second-order valence-electron chi connectivity index (χ2n) is 5.66. The van der Waals surface area contributed by atoms with Crippen LogP contribution in [0.5, 0.6) is 0 Å². The standard InChI is InChI=1S/C17H17ClN2O5/c18-12-3-1-11(2-4-12)13-9-19-15(25-13)5-6-16(21)20-7-8-24-14(10-20)17(22)23/h1-4,9,14H,5-8,10H2,(H,22,23). The number of nitrogens with zero attached hydrogens (tertiary/aromatic N) is 2. The lowest BCUT2D eigenvalue weighted by Crippen LogP contribution is -2.48. The van der Waals surface area contributed by atoms with E-state index in [1.165, 1.54) is 4.90 Å². The molecule has 0 saturated carbocycles. The lowest BCUT2D eigenvalue weighted by atomic mass is 10.2. The molecule has 0 bridgehead atoms. The van der Waals surface area contributed by atoms with Gasteiger partial charge in [-0.3, -0.25) is 4.79 Å². The fraction of sp³-hybridized carbons (Fsp3) is 0.353. The summed E-state index contributed by atoms with van der Waals surface area (Å²) in [6.45, 7) is 0.683. The number of aryl methyl sites for hydroxylation is 1. The molecule has 25 heavy (non-hydrogen) atoms. The first kappa shape index (κ1) is 17.4. The van der Waals surface area contributed by atoms with Gasteiger partial charge in [0.05, 0.1) is 19.3 Å². The maximum Gasteiger partial charge on any atom is 0.334 e. The molecule has 1 amide bonds. The molecular weight excluding hydrogens is 348 g/mol. The predicted octanol–water partition coefficient (Wildman–Crippen LogP) is 2.24. The molecule has 3 rings (SSSR count). The number of aromatic nitrogens is 1. The van der Waals surface area contributed by atoms with E-state index in [0.29, 0.717) is 29.6 Å². The molecular formula is C17H17ClN2O5. The van der Waals surface area contributed by atoms with E-state index >= 15 is 0 Å². The number of benzene rings is 1. The van der Waals surface area contributed by atoms with Gasteiger partial charge in [0, 0.05) is 30.0 Å². The zero-order chi connectivity index (χ0) is 17.8. The van der Waals surface area contributed by atoms with E-state index < -0.39 is 12.1 Å². The first-order chi connectivity index (χ1) is 12.0. The van der Waals surface area contributed by atoms with Gasteiger partial charge in [0.1, 0.15) is 0 Å². The molecule has 132 valence electrons. The maximum atomic E-state index is 12.2. The number of aliphatic carboxylic acids is 1.